The first-order valence-electron chi connectivity index (χ1n) is 12.2. The lowest BCUT2D eigenvalue weighted by Gasteiger charge is -2.32. The molecule has 39 heavy (non-hydrogen) atoms. The van der Waals surface area contributed by atoms with Gasteiger partial charge in [-0.15, -0.1) is 0 Å². The number of benzene rings is 3. The number of anilines is 1. The minimum Gasteiger partial charge on any atom is -0.497 e. The predicted octanol–water partition coefficient (Wildman–Crippen LogP) is 4.22. The summed E-state index contributed by atoms with van der Waals surface area (Å²) in [5.41, 5.74) is 0.905. The van der Waals surface area contributed by atoms with Crippen LogP contribution in [0, 0.1) is 0 Å². The van der Waals surface area contributed by atoms with Crippen LogP contribution in [0.5, 0.6) is 11.5 Å². The Morgan fingerprint density at radius 1 is 0.974 bits per heavy atom. The number of hydrogen-bond donors (Lipinski definition) is 1. The van der Waals surface area contributed by atoms with E-state index < -0.39 is 28.5 Å². The van der Waals surface area contributed by atoms with Crippen molar-refractivity contribution in [3.8, 4) is 11.5 Å². The van der Waals surface area contributed by atoms with E-state index in [4.69, 9.17) is 9.47 Å². The molecule has 9 nitrogen and oxygen atoms in total. The van der Waals surface area contributed by atoms with E-state index in [0.717, 1.165) is 14.3 Å². The van der Waals surface area contributed by atoms with Crippen LogP contribution in [0.1, 0.15) is 19.4 Å². The van der Waals surface area contributed by atoms with Crippen molar-refractivity contribution in [1.29, 1.82) is 0 Å². The average molecular weight is 619 g/mol. The van der Waals surface area contributed by atoms with Crippen LogP contribution < -0.4 is 19.1 Å². The molecule has 0 bridgehead atoms. The molecule has 0 heterocycles. The highest BCUT2D eigenvalue weighted by molar-refractivity contribution is 9.10. The molecular formula is C28H32BrN3O6S. The van der Waals surface area contributed by atoms with E-state index in [1.54, 1.807) is 44.2 Å². The smallest absolute Gasteiger partial charge is 0.264 e. The van der Waals surface area contributed by atoms with E-state index in [1.165, 1.54) is 37.3 Å². The summed E-state index contributed by atoms with van der Waals surface area (Å²) in [6, 6.07) is 19.0. The fourth-order valence-electron chi connectivity index (χ4n) is 3.92. The fraction of sp³-hybridized carbons (Fsp3) is 0.286. The molecule has 1 N–H and O–H groups in total. The van der Waals surface area contributed by atoms with Gasteiger partial charge in [-0.2, -0.15) is 0 Å². The van der Waals surface area contributed by atoms with Crippen LogP contribution in [0.4, 0.5) is 5.69 Å². The number of nitrogens with zero attached hydrogens (tertiary/aromatic N) is 2. The van der Waals surface area contributed by atoms with Gasteiger partial charge in [0.05, 0.1) is 24.8 Å². The number of ether oxygens (including phenoxy) is 2. The number of methoxy groups -OCH3 is 2. The Labute approximate surface area is 237 Å². The summed E-state index contributed by atoms with van der Waals surface area (Å²) >= 11 is 3.40. The third kappa shape index (κ3) is 7.30. The van der Waals surface area contributed by atoms with Crippen molar-refractivity contribution in [2.75, 3.05) is 31.6 Å². The Bertz CT molecular complexity index is 1380. The lowest BCUT2D eigenvalue weighted by atomic mass is 10.1. The van der Waals surface area contributed by atoms with Gasteiger partial charge >= 0.3 is 0 Å². The maximum absolute atomic E-state index is 13.9. The Morgan fingerprint density at radius 2 is 1.64 bits per heavy atom. The molecule has 11 heteroatoms. The number of carbonyl (C=O) groups is 2. The first-order chi connectivity index (χ1) is 18.6. The molecule has 0 aliphatic heterocycles. The zero-order valence-corrected chi connectivity index (χ0v) is 24.7. The number of hydrogen-bond acceptors (Lipinski definition) is 6. The third-order valence-electron chi connectivity index (χ3n) is 6.05. The van der Waals surface area contributed by atoms with E-state index in [-0.39, 0.29) is 28.8 Å². The second kappa shape index (κ2) is 13.5. The van der Waals surface area contributed by atoms with E-state index >= 15 is 0 Å². The highest BCUT2D eigenvalue weighted by atomic mass is 79.9. The van der Waals surface area contributed by atoms with Crippen molar-refractivity contribution in [1.82, 2.24) is 10.2 Å². The standard InChI is InChI=1S/C28H32BrN3O6S/c1-5-30-28(34)20(2)31(18-21-11-13-22(29)14-12-21)27(33)19-32(39(35,36)24-9-7-6-8-10-24)25-17-23(37-3)15-16-26(25)38-4/h6-17,20H,5,18-19H2,1-4H3,(H,30,34)/t20-/m1/s1. The predicted molar refractivity (Wildman–Crippen MR) is 153 cm³/mol. The topological polar surface area (TPSA) is 105 Å². The van der Waals surface area contributed by atoms with Gasteiger partial charge in [0.1, 0.15) is 24.1 Å². The van der Waals surface area contributed by atoms with Gasteiger partial charge in [-0.3, -0.25) is 13.9 Å². The molecule has 0 unspecified atom stereocenters. The molecule has 3 aromatic carbocycles. The van der Waals surface area contributed by atoms with Crippen molar-refractivity contribution in [2.45, 2.75) is 31.3 Å². The lowest BCUT2D eigenvalue weighted by molar-refractivity contribution is -0.139. The summed E-state index contributed by atoms with van der Waals surface area (Å²) < 4.78 is 40.5. The maximum atomic E-state index is 13.9. The number of sulfonamides is 1. The molecule has 0 radical (unpaired) electrons. The van der Waals surface area contributed by atoms with Gasteiger partial charge in [0.15, 0.2) is 0 Å². The fourth-order valence-corrected chi connectivity index (χ4v) is 5.62. The lowest BCUT2D eigenvalue weighted by Crippen LogP contribution is -2.51. The molecule has 3 aromatic rings. The molecule has 1 atom stereocenters. The second-order valence-electron chi connectivity index (χ2n) is 8.58. The number of amides is 2. The van der Waals surface area contributed by atoms with Crippen LogP contribution in [0.15, 0.2) is 82.2 Å². The first kappa shape index (κ1) is 30.0. The number of nitrogens with one attached hydrogen (secondary N) is 1. The van der Waals surface area contributed by atoms with E-state index in [2.05, 4.69) is 21.2 Å². The molecule has 0 saturated heterocycles. The highest BCUT2D eigenvalue weighted by Crippen LogP contribution is 2.36. The van der Waals surface area contributed by atoms with Crippen LogP contribution in [-0.4, -0.2) is 58.5 Å². The van der Waals surface area contributed by atoms with Crippen molar-refractivity contribution in [3.05, 3.63) is 82.8 Å². The molecule has 0 aromatic heterocycles. The van der Waals surface area contributed by atoms with Gasteiger partial charge < -0.3 is 19.7 Å². The summed E-state index contributed by atoms with van der Waals surface area (Å²) in [7, 11) is -1.36. The number of carbonyl (C=O) groups excluding carboxylic acids is 2. The normalized spacial score (nSPS) is 11.8. The monoisotopic (exact) mass is 617 g/mol. The summed E-state index contributed by atoms with van der Waals surface area (Å²) in [5, 5.41) is 2.74. The maximum Gasteiger partial charge on any atom is 0.264 e. The van der Waals surface area contributed by atoms with Gasteiger partial charge in [0, 0.05) is 23.6 Å². The largest absolute Gasteiger partial charge is 0.497 e. The molecule has 3 rings (SSSR count). The molecule has 0 spiro atoms. The Morgan fingerprint density at radius 3 is 2.23 bits per heavy atom. The van der Waals surface area contributed by atoms with Crippen molar-refractivity contribution >= 4 is 43.5 Å². The van der Waals surface area contributed by atoms with Crippen molar-refractivity contribution in [3.63, 3.8) is 0 Å². The average Bonchev–Trinajstić information content (AvgIpc) is 2.95. The van der Waals surface area contributed by atoms with Crippen molar-refractivity contribution in [2.24, 2.45) is 0 Å². The van der Waals surface area contributed by atoms with Gasteiger partial charge in [0.25, 0.3) is 10.0 Å². The van der Waals surface area contributed by atoms with E-state index in [1.807, 2.05) is 24.3 Å². The minimum atomic E-state index is -4.23. The highest BCUT2D eigenvalue weighted by Gasteiger charge is 2.34. The zero-order chi connectivity index (χ0) is 28.6. The van der Waals surface area contributed by atoms with Crippen molar-refractivity contribution < 1.29 is 27.5 Å². The number of halogens is 1. The minimum absolute atomic E-state index is 0.00101. The molecule has 0 aliphatic rings. The molecule has 208 valence electrons. The van der Waals surface area contributed by atoms with Gasteiger partial charge in [-0.05, 0) is 55.8 Å². The van der Waals surface area contributed by atoms with Crippen LogP contribution in [-0.2, 0) is 26.2 Å². The molecule has 2 amide bonds. The molecule has 0 fully saturated rings. The van der Waals surface area contributed by atoms with Gasteiger partial charge in [-0.25, -0.2) is 8.42 Å². The molecular weight excluding hydrogens is 586 g/mol. The van der Waals surface area contributed by atoms with Crippen LogP contribution in [0.3, 0.4) is 0 Å². The van der Waals surface area contributed by atoms with Crippen LogP contribution in [0.2, 0.25) is 0 Å². The zero-order valence-electron chi connectivity index (χ0n) is 22.3. The van der Waals surface area contributed by atoms with Gasteiger partial charge in [0.2, 0.25) is 11.8 Å². The SMILES string of the molecule is CCNC(=O)[C@@H](C)N(Cc1ccc(Br)cc1)C(=O)CN(c1cc(OC)ccc1OC)S(=O)(=O)c1ccccc1. The van der Waals surface area contributed by atoms with E-state index in [9.17, 15) is 18.0 Å². The number of rotatable bonds is 12. The Balaban J connectivity index is 2.10. The summed E-state index contributed by atoms with van der Waals surface area (Å²) in [4.78, 5) is 28.1. The summed E-state index contributed by atoms with van der Waals surface area (Å²) in [6.45, 7) is 3.30. The van der Waals surface area contributed by atoms with Gasteiger partial charge in [-0.1, -0.05) is 46.3 Å². The van der Waals surface area contributed by atoms with Crippen LogP contribution >= 0.6 is 15.9 Å². The van der Waals surface area contributed by atoms with Crippen LogP contribution in [0.25, 0.3) is 0 Å². The molecule has 0 aliphatic carbocycles. The summed E-state index contributed by atoms with van der Waals surface area (Å²) in [6.07, 6.45) is 0. The quantitative estimate of drug-likeness (QED) is 0.326. The summed E-state index contributed by atoms with van der Waals surface area (Å²) in [5.74, 6) is -0.297. The third-order valence-corrected chi connectivity index (χ3v) is 8.35. The Kier molecular flexibility index (Phi) is 10.4. The Hall–Kier alpha value is -3.57. The van der Waals surface area contributed by atoms with E-state index in [0.29, 0.717) is 12.3 Å². The number of likely N-dealkylation sites (N-methyl/N-ethyl adjacent to an activating group) is 1. The first-order valence-corrected chi connectivity index (χ1v) is 14.5. The second-order valence-corrected chi connectivity index (χ2v) is 11.4. The molecule has 0 saturated carbocycles.